The fourth-order valence-corrected chi connectivity index (χ4v) is 8.50. The number of benzene rings is 9. The molecule has 3 heteroatoms. The van der Waals surface area contributed by atoms with Crippen molar-refractivity contribution in [2.75, 3.05) is 0 Å². The Bertz CT molecular complexity index is 3210. The molecule has 0 aliphatic carbocycles. The summed E-state index contributed by atoms with van der Waals surface area (Å²) in [7, 11) is 0. The molecule has 0 saturated heterocycles. The van der Waals surface area contributed by atoms with Gasteiger partial charge in [-0.15, -0.1) is 0 Å². The smallest absolute Gasteiger partial charge is 0.0998 e. The van der Waals surface area contributed by atoms with E-state index >= 15 is 0 Å². The van der Waals surface area contributed by atoms with Crippen molar-refractivity contribution < 1.29 is 0 Å². The predicted molar refractivity (Wildman–Crippen MR) is 209 cm³/mol. The highest BCUT2D eigenvalue weighted by Gasteiger charge is 2.19. The highest BCUT2D eigenvalue weighted by molar-refractivity contribution is 6.26. The summed E-state index contributed by atoms with van der Waals surface area (Å²) in [6, 6.07) is 61.5. The average Bonchev–Trinajstić information content (AvgIpc) is 3.69. The zero-order valence-corrected chi connectivity index (χ0v) is 26.9. The van der Waals surface area contributed by atoms with Crippen molar-refractivity contribution in [2.45, 2.75) is 0 Å². The fourth-order valence-electron chi connectivity index (χ4n) is 8.50. The molecule has 0 aliphatic rings. The number of para-hydroxylation sites is 3. The molecule has 11 aromatic rings. The highest BCUT2D eigenvalue weighted by Crippen LogP contribution is 2.42. The van der Waals surface area contributed by atoms with Gasteiger partial charge in [-0.05, 0) is 93.3 Å². The summed E-state index contributed by atoms with van der Waals surface area (Å²) in [6.45, 7) is 0. The Morgan fingerprint density at radius 2 is 0.900 bits per heavy atom. The maximum atomic E-state index is 9.91. The summed E-state index contributed by atoms with van der Waals surface area (Å²) < 4.78 is 4.78. The topological polar surface area (TPSA) is 33.6 Å². The van der Waals surface area contributed by atoms with E-state index in [2.05, 4.69) is 173 Å². The van der Waals surface area contributed by atoms with Gasteiger partial charge in [-0.3, -0.25) is 0 Å². The molecule has 2 heterocycles. The van der Waals surface area contributed by atoms with Gasteiger partial charge in [0.05, 0.1) is 39.4 Å². The monoisotopic (exact) mass is 633 g/mol. The first-order valence-electron chi connectivity index (χ1n) is 17.0. The van der Waals surface area contributed by atoms with Crippen molar-refractivity contribution in [3.8, 4) is 28.6 Å². The van der Waals surface area contributed by atoms with Crippen molar-refractivity contribution >= 4 is 75.9 Å². The summed E-state index contributed by atoms with van der Waals surface area (Å²) >= 11 is 0. The molecule has 0 aliphatic heterocycles. The molecule has 9 aromatic carbocycles. The second-order valence-corrected chi connectivity index (χ2v) is 13.2. The van der Waals surface area contributed by atoms with Crippen LogP contribution in [0.4, 0.5) is 0 Å². The standard InChI is InChI=1S/C47H27N3/c48-28-33-15-14-29-17-22-38-43(23-18-30-16-21-35(33)46(29)47(30)38)50-42-13-7-5-11-37(42)40-27-32(20-25-45(40)50)31-19-24-44-39(26-31)36-10-4-6-12-41(36)49(44)34-8-2-1-3-9-34/h1-27H. The van der Waals surface area contributed by atoms with Crippen LogP contribution in [0.15, 0.2) is 164 Å². The lowest BCUT2D eigenvalue weighted by Gasteiger charge is -2.16. The van der Waals surface area contributed by atoms with Gasteiger partial charge in [0, 0.05) is 38.0 Å². The largest absolute Gasteiger partial charge is 0.309 e. The maximum Gasteiger partial charge on any atom is 0.0998 e. The molecule has 50 heavy (non-hydrogen) atoms. The quantitative estimate of drug-likeness (QED) is 0.178. The highest BCUT2D eigenvalue weighted by atomic mass is 15.0. The van der Waals surface area contributed by atoms with Crippen molar-refractivity contribution in [3.05, 3.63) is 169 Å². The number of hydrogen-bond acceptors (Lipinski definition) is 1. The molecule has 0 amide bonds. The van der Waals surface area contributed by atoms with Crippen molar-refractivity contribution in [1.82, 2.24) is 9.13 Å². The lowest BCUT2D eigenvalue weighted by molar-refractivity contribution is 1.18. The van der Waals surface area contributed by atoms with Crippen LogP contribution in [-0.4, -0.2) is 9.13 Å². The molecular weight excluding hydrogens is 607 g/mol. The van der Waals surface area contributed by atoms with Crippen LogP contribution < -0.4 is 0 Å². The second kappa shape index (κ2) is 10.1. The third-order valence-electron chi connectivity index (χ3n) is 10.7. The van der Waals surface area contributed by atoms with E-state index in [0.29, 0.717) is 5.56 Å². The van der Waals surface area contributed by atoms with Crippen molar-refractivity contribution in [3.63, 3.8) is 0 Å². The van der Waals surface area contributed by atoms with Gasteiger partial charge in [0.1, 0.15) is 0 Å². The number of aromatic nitrogens is 2. The molecular formula is C47H27N3. The van der Waals surface area contributed by atoms with E-state index < -0.39 is 0 Å². The second-order valence-electron chi connectivity index (χ2n) is 13.2. The molecule has 0 bridgehead atoms. The van der Waals surface area contributed by atoms with Gasteiger partial charge in [-0.2, -0.15) is 5.26 Å². The first-order valence-corrected chi connectivity index (χ1v) is 17.0. The Labute approximate surface area is 287 Å². The number of nitriles is 1. The van der Waals surface area contributed by atoms with Gasteiger partial charge >= 0.3 is 0 Å². The van der Waals surface area contributed by atoms with Gasteiger partial charge < -0.3 is 9.13 Å². The minimum absolute atomic E-state index is 0.713. The zero-order valence-electron chi connectivity index (χ0n) is 26.9. The minimum Gasteiger partial charge on any atom is -0.309 e. The third kappa shape index (κ3) is 3.62. The van der Waals surface area contributed by atoms with Crippen LogP contribution >= 0.6 is 0 Å². The summed E-state index contributed by atoms with van der Waals surface area (Å²) in [5.41, 5.74) is 10.2. The van der Waals surface area contributed by atoms with Crippen LogP contribution in [-0.2, 0) is 0 Å². The van der Waals surface area contributed by atoms with Crippen molar-refractivity contribution in [2.24, 2.45) is 0 Å². The van der Waals surface area contributed by atoms with E-state index in [0.717, 1.165) is 27.5 Å². The van der Waals surface area contributed by atoms with E-state index in [9.17, 15) is 5.26 Å². The number of hydrogen-bond donors (Lipinski definition) is 0. The zero-order chi connectivity index (χ0) is 32.9. The molecule has 230 valence electrons. The van der Waals surface area contributed by atoms with Gasteiger partial charge in [0.2, 0.25) is 0 Å². The first kappa shape index (κ1) is 27.1. The third-order valence-corrected chi connectivity index (χ3v) is 10.7. The number of rotatable bonds is 3. The fraction of sp³-hybridized carbons (Fsp3) is 0. The number of nitrogens with zero attached hydrogens (tertiary/aromatic N) is 3. The molecule has 2 aromatic heterocycles. The molecule has 0 unspecified atom stereocenters. The van der Waals surface area contributed by atoms with Crippen LogP contribution in [0.1, 0.15) is 5.56 Å². The minimum atomic E-state index is 0.713. The molecule has 0 saturated carbocycles. The normalized spacial score (nSPS) is 12.0. The Kier molecular flexibility index (Phi) is 5.45. The van der Waals surface area contributed by atoms with E-state index in [4.69, 9.17) is 0 Å². The molecule has 0 radical (unpaired) electrons. The van der Waals surface area contributed by atoms with Gasteiger partial charge in [-0.1, -0.05) is 103 Å². The summed E-state index contributed by atoms with van der Waals surface area (Å²) in [6.07, 6.45) is 0. The Morgan fingerprint density at radius 3 is 1.58 bits per heavy atom. The van der Waals surface area contributed by atoms with E-state index in [1.165, 1.54) is 70.9 Å². The van der Waals surface area contributed by atoms with E-state index in [1.807, 2.05) is 6.07 Å². The number of fused-ring (bicyclic) bond motifs is 6. The lowest BCUT2D eigenvalue weighted by Crippen LogP contribution is -1.97. The van der Waals surface area contributed by atoms with Gasteiger partial charge in [0.15, 0.2) is 0 Å². The van der Waals surface area contributed by atoms with Crippen LogP contribution in [0.5, 0.6) is 0 Å². The molecule has 11 rings (SSSR count). The Morgan fingerprint density at radius 1 is 0.380 bits per heavy atom. The molecule has 0 spiro atoms. The average molecular weight is 634 g/mol. The molecule has 3 nitrogen and oxygen atoms in total. The predicted octanol–water partition coefficient (Wildman–Crippen LogP) is 12.3. The SMILES string of the molecule is N#Cc1ccc2ccc3c(-n4c5ccccc5c5cc(-c6ccc7c(c6)c6ccccc6n7-c6ccccc6)ccc54)ccc4ccc1c2c43. The summed E-state index contributed by atoms with van der Waals surface area (Å²) in [4.78, 5) is 0. The van der Waals surface area contributed by atoms with Gasteiger partial charge in [0.25, 0.3) is 0 Å². The van der Waals surface area contributed by atoms with E-state index in [-0.39, 0.29) is 0 Å². The van der Waals surface area contributed by atoms with Crippen molar-refractivity contribution in [1.29, 1.82) is 5.26 Å². The Balaban J connectivity index is 1.14. The van der Waals surface area contributed by atoms with Crippen LogP contribution in [0.3, 0.4) is 0 Å². The molecule has 0 fully saturated rings. The van der Waals surface area contributed by atoms with Crippen LogP contribution in [0.25, 0.3) is 98.4 Å². The lowest BCUT2D eigenvalue weighted by atomic mass is 9.91. The maximum absolute atomic E-state index is 9.91. The van der Waals surface area contributed by atoms with Crippen LogP contribution in [0.2, 0.25) is 0 Å². The first-order chi connectivity index (χ1) is 24.8. The summed E-state index contributed by atoms with van der Waals surface area (Å²) in [5, 5.41) is 21.8. The molecule has 0 N–H and O–H groups in total. The Hall–Kier alpha value is -6.89. The van der Waals surface area contributed by atoms with Gasteiger partial charge in [-0.25, -0.2) is 0 Å². The van der Waals surface area contributed by atoms with Crippen LogP contribution in [0, 0.1) is 11.3 Å². The van der Waals surface area contributed by atoms with E-state index in [1.54, 1.807) is 0 Å². The summed E-state index contributed by atoms with van der Waals surface area (Å²) in [5.74, 6) is 0. The molecule has 0 atom stereocenters.